The van der Waals surface area contributed by atoms with E-state index in [4.69, 9.17) is 4.52 Å². The van der Waals surface area contributed by atoms with Gasteiger partial charge in [-0.15, -0.1) is 5.10 Å². The number of aryl methyl sites for hydroxylation is 1. The van der Waals surface area contributed by atoms with Crippen molar-refractivity contribution in [2.45, 2.75) is 45.1 Å². The van der Waals surface area contributed by atoms with Crippen LogP contribution in [0.25, 0.3) is 0 Å². The Labute approximate surface area is 140 Å². The molecule has 1 aliphatic carbocycles. The number of carbonyl (C=O) groups excluding carboxylic acids is 1. The molecule has 0 unspecified atom stereocenters. The fourth-order valence-electron chi connectivity index (χ4n) is 3.34. The summed E-state index contributed by atoms with van der Waals surface area (Å²) in [6, 6.07) is -0.0634. The van der Waals surface area contributed by atoms with Crippen molar-refractivity contribution < 1.29 is 9.32 Å². The van der Waals surface area contributed by atoms with Gasteiger partial charge in [0.25, 0.3) is 0 Å². The molecule has 8 nitrogen and oxygen atoms in total. The standard InChI is InChI=1S/C16H22N6O2/c1-11-14(15(24-19-11)13-4-5-13)18-16(23)21-7-2-3-12(9-21)10-22-8-6-17-20-22/h6,8,12-13H,2-5,7,9-10H2,1H3,(H,18,23)/t12-/m0/s1. The normalized spacial score (nSPS) is 21.0. The van der Waals surface area contributed by atoms with Gasteiger partial charge in [0, 0.05) is 31.7 Å². The third-order valence-electron chi connectivity index (χ3n) is 4.79. The molecule has 128 valence electrons. The Bertz CT molecular complexity index is 706. The summed E-state index contributed by atoms with van der Waals surface area (Å²) in [7, 11) is 0. The Hall–Kier alpha value is -2.38. The predicted molar refractivity (Wildman–Crippen MR) is 86.6 cm³/mol. The number of anilines is 1. The van der Waals surface area contributed by atoms with Crippen LogP contribution < -0.4 is 5.32 Å². The van der Waals surface area contributed by atoms with Crippen molar-refractivity contribution in [2.24, 2.45) is 5.92 Å². The number of hydrogen-bond donors (Lipinski definition) is 1. The van der Waals surface area contributed by atoms with E-state index >= 15 is 0 Å². The van der Waals surface area contributed by atoms with Crippen LogP contribution in [0.3, 0.4) is 0 Å². The summed E-state index contributed by atoms with van der Waals surface area (Å²) in [5.41, 5.74) is 1.52. The zero-order chi connectivity index (χ0) is 16.5. The second kappa shape index (κ2) is 6.26. The van der Waals surface area contributed by atoms with Crippen LogP contribution in [0.5, 0.6) is 0 Å². The summed E-state index contributed by atoms with van der Waals surface area (Å²) in [6.07, 6.45) is 7.87. The van der Waals surface area contributed by atoms with Gasteiger partial charge in [-0.25, -0.2) is 4.79 Å². The molecule has 1 N–H and O–H groups in total. The van der Waals surface area contributed by atoms with Crippen molar-refractivity contribution in [2.75, 3.05) is 18.4 Å². The van der Waals surface area contributed by atoms with Crippen LogP contribution in [0, 0.1) is 12.8 Å². The van der Waals surface area contributed by atoms with Crippen LogP contribution in [0.1, 0.15) is 43.1 Å². The maximum absolute atomic E-state index is 12.7. The van der Waals surface area contributed by atoms with Crippen molar-refractivity contribution in [3.63, 3.8) is 0 Å². The lowest BCUT2D eigenvalue weighted by Crippen LogP contribution is -2.43. The Morgan fingerprint density at radius 3 is 3.04 bits per heavy atom. The molecule has 2 fully saturated rings. The molecule has 2 aromatic heterocycles. The molecule has 2 aromatic rings. The van der Waals surface area contributed by atoms with E-state index < -0.39 is 0 Å². The molecule has 3 heterocycles. The highest BCUT2D eigenvalue weighted by molar-refractivity contribution is 5.90. The minimum Gasteiger partial charge on any atom is -0.359 e. The SMILES string of the molecule is Cc1noc(C2CC2)c1NC(=O)N1CCC[C@H](Cn2ccnn2)C1. The molecule has 0 spiro atoms. The Morgan fingerprint density at radius 1 is 1.42 bits per heavy atom. The average Bonchev–Trinajstić information content (AvgIpc) is 3.19. The molecule has 1 saturated carbocycles. The zero-order valence-corrected chi connectivity index (χ0v) is 13.8. The van der Waals surface area contributed by atoms with Gasteiger partial charge in [-0.05, 0) is 38.5 Å². The lowest BCUT2D eigenvalue weighted by atomic mass is 9.98. The first-order chi connectivity index (χ1) is 11.7. The van der Waals surface area contributed by atoms with E-state index in [1.165, 1.54) is 0 Å². The molecule has 4 rings (SSSR count). The highest BCUT2D eigenvalue weighted by atomic mass is 16.5. The Balaban J connectivity index is 1.40. The van der Waals surface area contributed by atoms with E-state index in [2.05, 4.69) is 20.8 Å². The highest BCUT2D eigenvalue weighted by Crippen LogP contribution is 2.44. The third-order valence-corrected chi connectivity index (χ3v) is 4.79. The summed E-state index contributed by atoms with van der Waals surface area (Å²) in [4.78, 5) is 14.6. The number of urea groups is 1. The van der Waals surface area contributed by atoms with Crippen molar-refractivity contribution in [3.05, 3.63) is 23.8 Å². The fourth-order valence-corrected chi connectivity index (χ4v) is 3.34. The first-order valence-electron chi connectivity index (χ1n) is 8.57. The summed E-state index contributed by atoms with van der Waals surface area (Å²) >= 11 is 0. The number of nitrogens with one attached hydrogen (secondary N) is 1. The number of hydrogen-bond acceptors (Lipinski definition) is 5. The minimum atomic E-state index is -0.0634. The molecule has 1 atom stereocenters. The first-order valence-corrected chi connectivity index (χ1v) is 8.57. The molecule has 1 saturated heterocycles. The molecule has 1 aliphatic heterocycles. The fraction of sp³-hybridized carbons (Fsp3) is 0.625. The lowest BCUT2D eigenvalue weighted by molar-refractivity contribution is 0.168. The van der Waals surface area contributed by atoms with Crippen LogP contribution >= 0.6 is 0 Å². The second-order valence-electron chi connectivity index (χ2n) is 6.79. The number of nitrogens with zero attached hydrogens (tertiary/aromatic N) is 5. The topological polar surface area (TPSA) is 89.1 Å². The molecular weight excluding hydrogens is 308 g/mol. The Morgan fingerprint density at radius 2 is 2.29 bits per heavy atom. The molecule has 0 aromatic carbocycles. The van der Waals surface area contributed by atoms with Gasteiger partial charge in [-0.2, -0.15) is 0 Å². The van der Waals surface area contributed by atoms with E-state index in [0.29, 0.717) is 11.8 Å². The lowest BCUT2D eigenvalue weighted by Gasteiger charge is -2.32. The first kappa shape index (κ1) is 15.2. The van der Waals surface area contributed by atoms with Gasteiger partial charge < -0.3 is 14.7 Å². The van der Waals surface area contributed by atoms with Crippen LogP contribution in [-0.2, 0) is 6.54 Å². The number of rotatable bonds is 4. The smallest absolute Gasteiger partial charge is 0.322 e. The highest BCUT2D eigenvalue weighted by Gasteiger charge is 2.33. The minimum absolute atomic E-state index is 0.0634. The van der Waals surface area contributed by atoms with E-state index in [1.807, 2.05) is 22.7 Å². The molecule has 0 radical (unpaired) electrons. The van der Waals surface area contributed by atoms with Crippen LogP contribution in [0.2, 0.25) is 0 Å². The third kappa shape index (κ3) is 3.13. The molecule has 8 heteroatoms. The van der Waals surface area contributed by atoms with Gasteiger partial charge in [-0.3, -0.25) is 4.68 Å². The van der Waals surface area contributed by atoms with Crippen molar-refractivity contribution >= 4 is 11.7 Å². The average molecular weight is 330 g/mol. The Kier molecular flexibility index (Phi) is 3.95. The summed E-state index contributed by atoms with van der Waals surface area (Å²) in [5.74, 6) is 1.65. The number of amides is 2. The van der Waals surface area contributed by atoms with E-state index in [0.717, 1.165) is 62.5 Å². The van der Waals surface area contributed by atoms with Crippen LogP contribution in [0.4, 0.5) is 10.5 Å². The predicted octanol–water partition coefficient (Wildman–Crippen LogP) is 2.40. The van der Waals surface area contributed by atoms with Gasteiger partial charge >= 0.3 is 6.03 Å². The zero-order valence-electron chi connectivity index (χ0n) is 13.8. The van der Waals surface area contributed by atoms with Crippen LogP contribution in [-0.4, -0.2) is 44.2 Å². The van der Waals surface area contributed by atoms with Gasteiger partial charge in [0.2, 0.25) is 0 Å². The molecule has 0 bridgehead atoms. The summed E-state index contributed by atoms with van der Waals surface area (Å²) < 4.78 is 7.23. The largest absolute Gasteiger partial charge is 0.359 e. The van der Waals surface area contributed by atoms with Crippen molar-refractivity contribution in [3.8, 4) is 0 Å². The number of carbonyl (C=O) groups is 1. The quantitative estimate of drug-likeness (QED) is 0.930. The van der Waals surface area contributed by atoms with Gasteiger partial charge in [0.1, 0.15) is 11.4 Å². The van der Waals surface area contributed by atoms with Gasteiger partial charge in [0.15, 0.2) is 5.76 Å². The molecule has 2 amide bonds. The molecule has 2 aliphatic rings. The number of aromatic nitrogens is 4. The van der Waals surface area contributed by atoms with E-state index in [9.17, 15) is 4.79 Å². The molecular formula is C16H22N6O2. The van der Waals surface area contributed by atoms with E-state index in [1.54, 1.807) is 6.20 Å². The van der Waals surface area contributed by atoms with Crippen molar-refractivity contribution in [1.29, 1.82) is 0 Å². The summed E-state index contributed by atoms with van der Waals surface area (Å²) in [5, 5.41) is 14.9. The van der Waals surface area contributed by atoms with Gasteiger partial charge in [0.05, 0.1) is 6.20 Å². The maximum Gasteiger partial charge on any atom is 0.322 e. The van der Waals surface area contributed by atoms with Crippen molar-refractivity contribution in [1.82, 2.24) is 25.1 Å². The van der Waals surface area contributed by atoms with Gasteiger partial charge in [-0.1, -0.05) is 10.4 Å². The van der Waals surface area contributed by atoms with E-state index in [-0.39, 0.29) is 6.03 Å². The maximum atomic E-state index is 12.7. The number of likely N-dealkylation sites (tertiary alicyclic amines) is 1. The second-order valence-corrected chi connectivity index (χ2v) is 6.79. The monoisotopic (exact) mass is 330 g/mol. The van der Waals surface area contributed by atoms with Crippen LogP contribution in [0.15, 0.2) is 16.9 Å². The number of piperidine rings is 1. The molecule has 24 heavy (non-hydrogen) atoms. The summed E-state index contributed by atoms with van der Waals surface area (Å²) in [6.45, 7) is 4.18.